The molecule has 0 fully saturated rings. The van der Waals surface area contributed by atoms with E-state index in [1.165, 1.54) is 30.5 Å². The third kappa shape index (κ3) is 4.68. The number of sulfone groups is 1. The number of hydrogen-bond donors (Lipinski definition) is 2. The van der Waals surface area contributed by atoms with Gasteiger partial charge in [-0.05, 0) is 36.4 Å². The molecule has 4 aromatic rings. The van der Waals surface area contributed by atoms with E-state index in [1.807, 2.05) is 0 Å². The Bertz CT molecular complexity index is 1420. The minimum absolute atomic E-state index is 0.0787. The molecule has 0 spiro atoms. The smallest absolute Gasteiger partial charge is 0.291 e. The number of carbonyl (C=O) groups is 2. The van der Waals surface area contributed by atoms with Crippen LogP contribution in [-0.4, -0.2) is 26.5 Å². The first-order valence-electron chi connectivity index (χ1n) is 9.35. The highest BCUT2D eigenvalue weighted by molar-refractivity contribution is 7.89. The van der Waals surface area contributed by atoms with E-state index < -0.39 is 21.7 Å². The fraction of sp³-hybridized carbons (Fsp3) is 0.0909. The van der Waals surface area contributed by atoms with Gasteiger partial charge >= 0.3 is 0 Å². The summed E-state index contributed by atoms with van der Waals surface area (Å²) in [6, 6.07) is 14.4. The Kier molecular flexibility index (Phi) is 5.77. The normalized spacial score (nSPS) is 11.4. The van der Waals surface area contributed by atoms with Crippen LogP contribution in [0.3, 0.4) is 0 Å². The predicted molar refractivity (Wildman–Crippen MR) is 121 cm³/mol. The highest BCUT2D eigenvalue weighted by Crippen LogP contribution is 2.31. The maximum atomic E-state index is 13.1. The average Bonchev–Trinajstić information content (AvgIpc) is 3.38. The number of anilines is 2. The molecule has 0 aliphatic rings. The van der Waals surface area contributed by atoms with Gasteiger partial charge in [0.05, 0.1) is 23.4 Å². The lowest BCUT2D eigenvalue weighted by Gasteiger charge is -2.12. The zero-order chi connectivity index (χ0) is 22.9. The highest BCUT2D eigenvalue weighted by Gasteiger charge is 2.24. The number of rotatable bonds is 6. The topological polar surface area (TPSA) is 119 Å². The number of benzene rings is 2. The minimum atomic E-state index is -3.45. The van der Waals surface area contributed by atoms with Crippen LogP contribution in [0.2, 0.25) is 5.02 Å². The Hall–Kier alpha value is -3.56. The molecule has 2 amide bonds. The number of para-hydroxylation sites is 1. The van der Waals surface area contributed by atoms with E-state index in [2.05, 4.69) is 10.6 Å². The number of amides is 2. The average molecular weight is 473 g/mol. The van der Waals surface area contributed by atoms with Crippen LogP contribution in [0.5, 0.6) is 0 Å². The van der Waals surface area contributed by atoms with Crippen molar-refractivity contribution < 1.29 is 26.8 Å². The Labute approximate surface area is 188 Å². The monoisotopic (exact) mass is 472 g/mol. The molecular formula is C22H17ClN2O6S. The molecule has 2 aromatic carbocycles. The first kappa shape index (κ1) is 21.7. The Morgan fingerprint density at radius 2 is 1.72 bits per heavy atom. The Morgan fingerprint density at radius 3 is 2.44 bits per heavy atom. The van der Waals surface area contributed by atoms with Crippen molar-refractivity contribution in [2.45, 2.75) is 5.75 Å². The Balaban J connectivity index is 1.68. The summed E-state index contributed by atoms with van der Waals surface area (Å²) in [6.07, 6.45) is 2.44. The highest BCUT2D eigenvalue weighted by atomic mass is 35.5. The van der Waals surface area contributed by atoms with E-state index in [1.54, 1.807) is 30.3 Å². The molecule has 8 nitrogen and oxygen atoms in total. The SMILES string of the molecule is CS(=O)(=O)Cc1c(C(=O)Nc2ccc(Cl)cc2NC(=O)c2ccco2)oc2ccccc12. The molecule has 4 rings (SSSR count). The second-order valence-corrected chi connectivity index (χ2v) is 9.63. The molecule has 0 unspecified atom stereocenters. The summed E-state index contributed by atoms with van der Waals surface area (Å²) in [5.41, 5.74) is 1.12. The summed E-state index contributed by atoms with van der Waals surface area (Å²) in [5, 5.41) is 6.16. The molecule has 164 valence electrons. The lowest BCUT2D eigenvalue weighted by Crippen LogP contribution is -2.17. The van der Waals surface area contributed by atoms with Gasteiger partial charge in [-0.15, -0.1) is 0 Å². The van der Waals surface area contributed by atoms with E-state index >= 15 is 0 Å². The second kappa shape index (κ2) is 8.52. The van der Waals surface area contributed by atoms with Crippen molar-refractivity contribution >= 4 is 55.6 Å². The lowest BCUT2D eigenvalue weighted by molar-refractivity contribution is 0.0987. The van der Waals surface area contributed by atoms with Crippen LogP contribution in [0.25, 0.3) is 11.0 Å². The second-order valence-electron chi connectivity index (χ2n) is 7.05. The summed E-state index contributed by atoms with van der Waals surface area (Å²) < 4.78 is 34.7. The predicted octanol–water partition coefficient (Wildman–Crippen LogP) is 4.73. The molecule has 2 aromatic heterocycles. The zero-order valence-corrected chi connectivity index (χ0v) is 18.3. The van der Waals surface area contributed by atoms with Crippen LogP contribution in [0.15, 0.2) is 69.7 Å². The van der Waals surface area contributed by atoms with Crippen molar-refractivity contribution in [2.24, 2.45) is 0 Å². The number of halogens is 1. The Morgan fingerprint density at radius 1 is 0.969 bits per heavy atom. The van der Waals surface area contributed by atoms with Gasteiger partial charge in [-0.3, -0.25) is 9.59 Å². The van der Waals surface area contributed by atoms with Gasteiger partial charge in [0.15, 0.2) is 21.4 Å². The van der Waals surface area contributed by atoms with Crippen molar-refractivity contribution in [1.29, 1.82) is 0 Å². The first-order chi connectivity index (χ1) is 15.2. The van der Waals surface area contributed by atoms with Crippen LogP contribution >= 0.6 is 11.6 Å². The molecule has 0 radical (unpaired) electrons. The molecule has 0 atom stereocenters. The molecule has 10 heteroatoms. The van der Waals surface area contributed by atoms with Gasteiger partial charge in [-0.2, -0.15) is 0 Å². The summed E-state index contributed by atoms with van der Waals surface area (Å²) in [7, 11) is -3.45. The fourth-order valence-electron chi connectivity index (χ4n) is 3.19. The fourth-order valence-corrected chi connectivity index (χ4v) is 4.17. The summed E-state index contributed by atoms with van der Waals surface area (Å²) >= 11 is 6.06. The van der Waals surface area contributed by atoms with E-state index in [9.17, 15) is 18.0 Å². The molecule has 0 aliphatic carbocycles. The van der Waals surface area contributed by atoms with E-state index in [-0.39, 0.29) is 34.2 Å². The maximum absolute atomic E-state index is 13.1. The summed E-state index contributed by atoms with van der Waals surface area (Å²) in [4.78, 5) is 25.5. The van der Waals surface area contributed by atoms with Crippen molar-refractivity contribution in [1.82, 2.24) is 0 Å². The van der Waals surface area contributed by atoms with Gasteiger partial charge in [-0.25, -0.2) is 8.42 Å². The molecule has 0 saturated carbocycles. The van der Waals surface area contributed by atoms with Crippen LogP contribution in [0.1, 0.15) is 26.7 Å². The first-order valence-corrected chi connectivity index (χ1v) is 11.8. The minimum Gasteiger partial charge on any atom is -0.459 e. The molecule has 0 aliphatic heterocycles. The zero-order valence-electron chi connectivity index (χ0n) is 16.7. The van der Waals surface area contributed by atoms with Crippen molar-refractivity contribution in [3.8, 4) is 0 Å². The van der Waals surface area contributed by atoms with Gasteiger partial charge in [0.25, 0.3) is 11.8 Å². The largest absolute Gasteiger partial charge is 0.459 e. The lowest BCUT2D eigenvalue weighted by atomic mass is 10.1. The number of carbonyl (C=O) groups excluding carboxylic acids is 2. The van der Waals surface area contributed by atoms with Crippen LogP contribution in [0.4, 0.5) is 11.4 Å². The summed E-state index contributed by atoms with van der Waals surface area (Å²) in [5.74, 6) is -1.62. The van der Waals surface area contributed by atoms with E-state index in [0.29, 0.717) is 16.0 Å². The van der Waals surface area contributed by atoms with Crippen molar-refractivity contribution in [2.75, 3.05) is 16.9 Å². The van der Waals surface area contributed by atoms with Gasteiger partial charge in [0, 0.05) is 22.2 Å². The number of fused-ring (bicyclic) bond motifs is 1. The van der Waals surface area contributed by atoms with Gasteiger partial charge in [-0.1, -0.05) is 29.8 Å². The summed E-state index contributed by atoms with van der Waals surface area (Å²) in [6.45, 7) is 0. The third-order valence-corrected chi connectivity index (χ3v) is 5.58. The van der Waals surface area contributed by atoms with Gasteiger partial charge in [0.1, 0.15) is 5.58 Å². The maximum Gasteiger partial charge on any atom is 0.291 e. The van der Waals surface area contributed by atoms with Crippen LogP contribution < -0.4 is 10.6 Å². The van der Waals surface area contributed by atoms with E-state index in [4.69, 9.17) is 20.4 Å². The van der Waals surface area contributed by atoms with E-state index in [0.717, 1.165) is 6.26 Å². The number of nitrogens with one attached hydrogen (secondary N) is 2. The molecule has 0 saturated heterocycles. The molecule has 2 heterocycles. The number of furan rings is 2. The molecular weight excluding hydrogens is 456 g/mol. The van der Waals surface area contributed by atoms with Gasteiger partial charge in [0.2, 0.25) is 0 Å². The standard InChI is InChI=1S/C22H17ClN2O6S/c1-32(28,29)12-15-14-5-2-3-6-18(14)31-20(15)22(27)24-16-9-8-13(23)11-17(16)25-21(26)19-7-4-10-30-19/h2-11H,12H2,1H3,(H,24,27)(H,25,26). The number of hydrogen-bond acceptors (Lipinski definition) is 6. The third-order valence-electron chi connectivity index (χ3n) is 4.53. The molecule has 2 N–H and O–H groups in total. The van der Waals surface area contributed by atoms with Crippen LogP contribution in [-0.2, 0) is 15.6 Å². The van der Waals surface area contributed by atoms with Gasteiger partial charge < -0.3 is 19.5 Å². The molecule has 0 bridgehead atoms. The quantitative estimate of drug-likeness (QED) is 0.418. The molecule has 32 heavy (non-hydrogen) atoms. The van der Waals surface area contributed by atoms with Crippen molar-refractivity contribution in [3.63, 3.8) is 0 Å². The van der Waals surface area contributed by atoms with Crippen molar-refractivity contribution in [3.05, 3.63) is 83.0 Å². The van der Waals surface area contributed by atoms with Crippen LogP contribution in [0, 0.1) is 0 Å².